The van der Waals surface area contributed by atoms with E-state index in [4.69, 9.17) is 4.74 Å². The number of aryl methyl sites for hydroxylation is 1. The van der Waals surface area contributed by atoms with E-state index >= 15 is 0 Å². The van der Waals surface area contributed by atoms with Crippen LogP contribution >= 0.6 is 11.3 Å². The Balaban J connectivity index is 1.61. The number of nitrogens with one attached hydrogen (secondary N) is 1. The number of hydrogen-bond acceptors (Lipinski definition) is 8. The molecule has 1 N–H and O–H groups in total. The van der Waals surface area contributed by atoms with Gasteiger partial charge in [0.25, 0.3) is 15.9 Å². The van der Waals surface area contributed by atoms with Gasteiger partial charge in [-0.05, 0) is 42.7 Å². The molecule has 38 heavy (non-hydrogen) atoms. The highest BCUT2D eigenvalue weighted by molar-refractivity contribution is 7.90. The fraction of sp³-hybridized carbons (Fsp3) is 0.192. The first-order chi connectivity index (χ1) is 18.3. The van der Waals surface area contributed by atoms with Crippen LogP contribution in [0, 0.1) is 0 Å². The summed E-state index contributed by atoms with van der Waals surface area (Å²) >= 11 is 1.34. The third kappa shape index (κ3) is 6.39. The molecule has 2 heterocycles. The van der Waals surface area contributed by atoms with Crippen LogP contribution in [0.2, 0.25) is 0 Å². The van der Waals surface area contributed by atoms with E-state index in [9.17, 15) is 18.0 Å². The van der Waals surface area contributed by atoms with Gasteiger partial charge in [0, 0.05) is 11.8 Å². The van der Waals surface area contributed by atoms with E-state index in [0.717, 1.165) is 10.6 Å². The van der Waals surface area contributed by atoms with Crippen molar-refractivity contribution in [1.29, 1.82) is 0 Å². The molecule has 0 spiro atoms. The first kappa shape index (κ1) is 26.9. The molecular formula is C26H25N5O5S2. The second-order valence-corrected chi connectivity index (χ2v) is 10.6. The van der Waals surface area contributed by atoms with Crippen molar-refractivity contribution >= 4 is 33.4 Å². The molecule has 12 heteroatoms. The number of aromatic nitrogens is 3. The summed E-state index contributed by atoms with van der Waals surface area (Å²) in [5, 5.41) is 5.41. The molecule has 0 aliphatic heterocycles. The zero-order valence-electron chi connectivity index (χ0n) is 20.7. The molecule has 0 fully saturated rings. The van der Waals surface area contributed by atoms with E-state index in [1.165, 1.54) is 17.4 Å². The van der Waals surface area contributed by atoms with Crippen molar-refractivity contribution in [2.45, 2.75) is 31.7 Å². The first-order valence-electron chi connectivity index (χ1n) is 11.8. The predicted molar refractivity (Wildman–Crippen MR) is 142 cm³/mol. The molecule has 2 aromatic heterocycles. The van der Waals surface area contributed by atoms with Crippen molar-refractivity contribution < 1.29 is 22.7 Å². The summed E-state index contributed by atoms with van der Waals surface area (Å²) in [6, 6.07) is 18.7. The van der Waals surface area contributed by atoms with Gasteiger partial charge >= 0.3 is 6.09 Å². The maximum atomic E-state index is 12.8. The maximum absolute atomic E-state index is 12.8. The van der Waals surface area contributed by atoms with Crippen LogP contribution in [0.15, 0.2) is 82.8 Å². The molecule has 0 saturated carbocycles. The number of nitrogens with zero attached hydrogens (tertiary/aromatic N) is 4. The standard InChI is InChI=1S/C26H25N5O5S2/c1-3-23-29-31(25(37-23)28-24(32)21-10-7-8-16-27-21)17-18-12-14-19(15-13-18)20-9-5-6-11-22(20)38(34,35)30-26(33)36-4-2/h5-16H,3-4,17H2,1-2H3,(H,30,33). The fourth-order valence-corrected chi connectivity index (χ4v) is 5.50. The number of carbonyl (C=O) groups excluding carboxylic acids is 2. The Morgan fingerprint density at radius 1 is 1.03 bits per heavy atom. The Bertz CT molecular complexity index is 1610. The van der Waals surface area contributed by atoms with Crippen LogP contribution in [0.25, 0.3) is 11.1 Å². The lowest BCUT2D eigenvalue weighted by Crippen LogP contribution is -2.31. The van der Waals surface area contributed by atoms with Crippen LogP contribution in [0.1, 0.15) is 34.9 Å². The molecule has 0 aliphatic rings. The summed E-state index contributed by atoms with van der Waals surface area (Å²) in [7, 11) is -4.15. The summed E-state index contributed by atoms with van der Waals surface area (Å²) < 4.78 is 33.9. The number of benzene rings is 2. The summed E-state index contributed by atoms with van der Waals surface area (Å²) in [5.74, 6) is -0.449. The molecule has 0 radical (unpaired) electrons. The topological polar surface area (TPSA) is 133 Å². The van der Waals surface area contributed by atoms with Gasteiger partial charge in [0.05, 0.1) is 18.0 Å². The van der Waals surface area contributed by atoms with E-state index < -0.39 is 22.0 Å². The van der Waals surface area contributed by atoms with Gasteiger partial charge in [-0.25, -0.2) is 22.6 Å². The smallest absolute Gasteiger partial charge is 0.421 e. The number of ether oxygens (including phenoxy) is 1. The van der Waals surface area contributed by atoms with Gasteiger partial charge in [0.1, 0.15) is 10.7 Å². The maximum Gasteiger partial charge on any atom is 0.421 e. The van der Waals surface area contributed by atoms with E-state index in [0.29, 0.717) is 28.9 Å². The summed E-state index contributed by atoms with van der Waals surface area (Å²) in [6.45, 7) is 3.97. The van der Waals surface area contributed by atoms with Crippen molar-refractivity contribution in [3.05, 3.63) is 94.0 Å². The van der Waals surface area contributed by atoms with Gasteiger partial charge in [0.2, 0.25) is 4.80 Å². The lowest BCUT2D eigenvalue weighted by atomic mass is 10.0. The normalized spacial score (nSPS) is 11.8. The number of rotatable bonds is 8. The third-order valence-electron chi connectivity index (χ3n) is 5.31. The van der Waals surface area contributed by atoms with E-state index in [1.807, 2.05) is 23.8 Å². The van der Waals surface area contributed by atoms with Gasteiger partial charge in [-0.3, -0.25) is 9.78 Å². The van der Waals surface area contributed by atoms with E-state index in [2.05, 4.69) is 15.1 Å². The largest absolute Gasteiger partial charge is 0.449 e. The quantitative estimate of drug-likeness (QED) is 0.352. The van der Waals surface area contributed by atoms with Crippen molar-refractivity contribution in [3.8, 4) is 11.1 Å². The molecule has 2 amide bonds. The second-order valence-electron chi connectivity index (χ2n) is 7.94. The molecule has 2 aromatic carbocycles. The molecule has 10 nitrogen and oxygen atoms in total. The van der Waals surface area contributed by atoms with Crippen LogP contribution in [-0.2, 0) is 27.7 Å². The molecule has 4 rings (SSSR count). The van der Waals surface area contributed by atoms with Crippen molar-refractivity contribution in [3.63, 3.8) is 0 Å². The van der Waals surface area contributed by atoms with Crippen LogP contribution in [0.4, 0.5) is 4.79 Å². The van der Waals surface area contributed by atoms with Crippen molar-refractivity contribution in [2.75, 3.05) is 6.61 Å². The first-order valence-corrected chi connectivity index (χ1v) is 14.1. The van der Waals surface area contributed by atoms with Crippen LogP contribution in [0.5, 0.6) is 0 Å². The average molecular weight is 552 g/mol. The highest BCUT2D eigenvalue weighted by Gasteiger charge is 2.22. The monoisotopic (exact) mass is 551 g/mol. The highest BCUT2D eigenvalue weighted by Crippen LogP contribution is 2.27. The Morgan fingerprint density at radius 2 is 1.76 bits per heavy atom. The molecule has 0 atom stereocenters. The lowest BCUT2D eigenvalue weighted by Gasteiger charge is -2.12. The van der Waals surface area contributed by atoms with E-state index in [-0.39, 0.29) is 17.2 Å². The molecular weight excluding hydrogens is 526 g/mol. The number of sulfonamides is 1. The van der Waals surface area contributed by atoms with Gasteiger partial charge in [-0.1, -0.05) is 66.8 Å². The Labute approximate surface area is 223 Å². The number of hydrogen-bond donors (Lipinski definition) is 1. The number of pyridine rings is 1. The zero-order valence-corrected chi connectivity index (χ0v) is 22.3. The molecule has 196 valence electrons. The Morgan fingerprint density at radius 3 is 2.45 bits per heavy atom. The van der Waals surface area contributed by atoms with Gasteiger partial charge in [-0.2, -0.15) is 10.1 Å². The SMILES string of the molecule is CCOC(=O)NS(=O)(=O)c1ccccc1-c1ccc(Cn2nc(CC)sc2=NC(=O)c2ccccn2)cc1. The second kappa shape index (κ2) is 11.9. The molecule has 0 unspecified atom stereocenters. The fourth-order valence-electron chi connectivity index (χ4n) is 3.54. The zero-order chi connectivity index (χ0) is 27.1. The minimum Gasteiger partial charge on any atom is -0.449 e. The third-order valence-corrected chi connectivity index (χ3v) is 7.77. The van der Waals surface area contributed by atoms with Gasteiger partial charge in [0.15, 0.2) is 0 Å². The van der Waals surface area contributed by atoms with E-state index in [1.54, 1.807) is 66.3 Å². The van der Waals surface area contributed by atoms with Crippen molar-refractivity contribution in [2.24, 2.45) is 4.99 Å². The number of carbonyl (C=O) groups is 2. The molecule has 0 saturated heterocycles. The minimum absolute atomic E-state index is 0.0450. The predicted octanol–water partition coefficient (Wildman–Crippen LogP) is 3.79. The minimum atomic E-state index is -4.15. The lowest BCUT2D eigenvalue weighted by molar-refractivity contribution is 0.0992. The summed E-state index contributed by atoms with van der Waals surface area (Å²) in [4.78, 5) is 33.1. The van der Waals surface area contributed by atoms with Gasteiger partial charge < -0.3 is 4.74 Å². The number of amides is 2. The summed E-state index contributed by atoms with van der Waals surface area (Å²) in [5.41, 5.74) is 2.20. The van der Waals surface area contributed by atoms with Gasteiger partial charge in [-0.15, -0.1) is 0 Å². The molecule has 0 aliphatic carbocycles. The van der Waals surface area contributed by atoms with Crippen molar-refractivity contribution in [1.82, 2.24) is 19.5 Å². The molecule has 0 bridgehead atoms. The molecule has 4 aromatic rings. The van der Waals surface area contributed by atoms with Crippen LogP contribution in [0.3, 0.4) is 0 Å². The average Bonchev–Trinajstić information content (AvgIpc) is 3.30. The van der Waals surface area contributed by atoms with Crippen LogP contribution in [-0.4, -0.2) is 41.8 Å². The highest BCUT2D eigenvalue weighted by atomic mass is 32.2. The Kier molecular flexibility index (Phi) is 8.44. The van der Waals surface area contributed by atoms with Crippen LogP contribution < -0.4 is 9.52 Å². The summed E-state index contributed by atoms with van der Waals surface area (Å²) in [6.07, 6.45) is 1.20. The Hall–Kier alpha value is -4.16.